The molecule has 1 aromatic heterocycles. The first-order valence-electron chi connectivity index (χ1n) is 5.39. The largest absolute Gasteiger partial charge is 0.396 e. The molecule has 2 rings (SSSR count). The normalized spacial score (nSPS) is 10.8. The Morgan fingerprint density at radius 2 is 2.24 bits per heavy atom. The van der Waals surface area contributed by atoms with Crippen LogP contribution in [0.25, 0.3) is 11.1 Å². The molecule has 3 nitrogen and oxygen atoms in total. The van der Waals surface area contributed by atoms with Gasteiger partial charge in [0.2, 0.25) is 0 Å². The maximum Gasteiger partial charge on any atom is 0.165 e. The first-order valence-corrected chi connectivity index (χ1v) is 5.77. The molecule has 0 amide bonds. The van der Waals surface area contributed by atoms with Gasteiger partial charge in [-0.1, -0.05) is 24.6 Å². The Kier molecular flexibility index (Phi) is 3.33. The molecular formula is C12H13ClFN3. The average molecular weight is 254 g/mol. The van der Waals surface area contributed by atoms with E-state index >= 15 is 0 Å². The van der Waals surface area contributed by atoms with E-state index in [9.17, 15) is 4.39 Å². The minimum absolute atomic E-state index is 0.0426. The Bertz CT molecular complexity index is 537. The summed E-state index contributed by atoms with van der Waals surface area (Å²) >= 11 is 5.93. The molecule has 0 aliphatic carbocycles. The Balaban J connectivity index is 2.42. The highest BCUT2D eigenvalue weighted by molar-refractivity contribution is 6.33. The second-order valence-electron chi connectivity index (χ2n) is 3.82. The Hall–Kier alpha value is -1.55. The summed E-state index contributed by atoms with van der Waals surface area (Å²) in [6, 6.07) is 3.21. The third-order valence-electron chi connectivity index (χ3n) is 2.51. The molecule has 17 heavy (non-hydrogen) atoms. The fourth-order valence-corrected chi connectivity index (χ4v) is 1.92. The third-order valence-corrected chi connectivity index (χ3v) is 2.88. The second-order valence-corrected chi connectivity index (χ2v) is 4.20. The highest BCUT2D eigenvalue weighted by Crippen LogP contribution is 2.32. The molecule has 2 N–H and O–H groups in total. The number of nitrogens with two attached hydrogens (primary N) is 1. The highest BCUT2D eigenvalue weighted by atomic mass is 35.5. The van der Waals surface area contributed by atoms with Crippen molar-refractivity contribution in [3.8, 4) is 11.1 Å². The minimum atomic E-state index is -0.576. The van der Waals surface area contributed by atoms with E-state index in [1.165, 1.54) is 6.07 Å². The summed E-state index contributed by atoms with van der Waals surface area (Å²) in [5.41, 5.74) is 6.90. The van der Waals surface area contributed by atoms with Crippen molar-refractivity contribution in [3.63, 3.8) is 0 Å². The maximum atomic E-state index is 13.5. The van der Waals surface area contributed by atoms with Crippen LogP contribution >= 0.6 is 11.6 Å². The molecule has 0 saturated heterocycles. The first-order chi connectivity index (χ1) is 8.13. The van der Waals surface area contributed by atoms with Gasteiger partial charge in [-0.25, -0.2) is 4.39 Å². The fourth-order valence-electron chi connectivity index (χ4n) is 1.64. The van der Waals surface area contributed by atoms with Crippen LogP contribution in [0.15, 0.2) is 24.5 Å². The molecule has 0 atom stereocenters. The number of nitrogens with zero attached hydrogens (tertiary/aromatic N) is 2. The third kappa shape index (κ3) is 2.26. The van der Waals surface area contributed by atoms with Gasteiger partial charge in [-0.05, 0) is 12.5 Å². The molecule has 1 heterocycles. The van der Waals surface area contributed by atoms with Gasteiger partial charge < -0.3 is 5.73 Å². The summed E-state index contributed by atoms with van der Waals surface area (Å²) in [6.07, 6.45) is 4.51. The van der Waals surface area contributed by atoms with Gasteiger partial charge in [0.05, 0.1) is 16.9 Å². The van der Waals surface area contributed by atoms with Crippen LogP contribution in [0.1, 0.15) is 13.3 Å². The van der Waals surface area contributed by atoms with Crippen LogP contribution in [0, 0.1) is 5.82 Å². The van der Waals surface area contributed by atoms with Gasteiger partial charge in [0.25, 0.3) is 0 Å². The number of hydrogen-bond acceptors (Lipinski definition) is 2. The van der Waals surface area contributed by atoms with Crippen molar-refractivity contribution in [2.45, 2.75) is 19.9 Å². The van der Waals surface area contributed by atoms with Crippen molar-refractivity contribution in [2.24, 2.45) is 0 Å². The SMILES string of the molecule is CCCn1cc(-c2ccc(N)c(F)c2Cl)cn1. The van der Waals surface area contributed by atoms with E-state index in [0.717, 1.165) is 18.5 Å². The standard InChI is InChI=1S/C12H13ClFN3/c1-2-5-17-7-8(6-16-17)9-3-4-10(15)12(14)11(9)13/h3-4,6-7H,2,5,15H2,1H3. The molecular weight excluding hydrogens is 241 g/mol. The predicted octanol–water partition coefficient (Wildman–Crippen LogP) is 3.33. The number of aromatic nitrogens is 2. The summed E-state index contributed by atoms with van der Waals surface area (Å²) in [6.45, 7) is 2.90. The van der Waals surface area contributed by atoms with Gasteiger partial charge in [0, 0.05) is 23.9 Å². The molecule has 2 aromatic rings. The topological polar surface area (TPSA) is 43.8 Å². The minimum Gasteiger partial charge on any atom is -0.396 e. The molecule has 0 aliphatic rings. The number of halogens is 2. The highest BCUT2D eigenvalue weighted by Gasteiger charge is 2.12. The quantitative estimate of drug-likeness (QED) is 0.853. The summed E-state index contributed by atoms with van der Waals surface area (Å²) in [4.78, 5) is 0. The second kappa shape index (κ2) is 4.75. The molecule has 0 unspecified atom stereocenters. The molecule has 5 heteroatoms. The lowest BCUT2D eigenvalue weighted by Gasteiger charge is -2.04. The van der Waals surface area contributed by atoms with Crippen LogP contribution in [0.3, 0.4) is 0 Å². The number of anilines is 1. The van der Waals surface area contributed by atoms with Crippen LogP contribution in [-0.4, -0.2) is 9.78 Å². The van der Waals surface area contributed by atoms with E-state index in [1.54, 1.807) is 16.9 Å². The van der Waals surface area contributed by atoms with Crippen LogP contribution in [0.5, 0.6) is 0 Å². The van der Waals surface area contributed by atoms with Crippen molar-refractivity contribution in [2.75, 3.05) is 5.73 Å². The van der Waals surface area contributed by atoms with E-state index in [0.29, 0.717) is 5.56 Å². The molecule has 90 valence electrons. The predicted molar refractivity (Wildman–Crippen MR) is 67.3 cm³/mol. The van der Waals surface area contributed by atoms with E-state index in [2.05, 4.69) is 12.0 Å². The lowest BCUT2D eigenvalue weighted by atomic mass is 10.1. The Morgan fingerprint density at radius 3 is 2.94 bits per heavy atom. The molecule has 0 fully saturated rings. The van der Waals surface area contributed by atoms with Gasteiger partial charge in [-0.15, -0.1) is 0 Å². The molecule has 0 saturated carbocycles. The van der Waals surface area contributed by atoms with Crippen molar-refractivity contribution < 1.29 is 4.39 Å². The number of nitrogen functional groups attached to an aromatic ring is 1. The van der Waals surface area contributed by atoms with Crippen LogP contribution in [0.2, 0.25) is 5.02 Å². The van der Waals surface area contributed by atoms with Crippen molar-refractivity contribution >= 4 is 17.3 Å². The van der Waals surface area contributed by atoms with E-state index in [1.807, 2.05) is 6.20 Å². The van der Waals surface area contributed by atoms with Crippen molar-refractivity contribution in [3.05, 3.63) is 35.4 Å². The molecule has 0 bridgehead atoms. The van der Waals surface area contributed by atoms with Gasteiger partial charge in [0.15, 0.2) is 5.82 Å². The maximum absolute atomic E-state index is 13.5. The molecule has 0 spiro atoms. The zero-order valence-electron chi connectivity index (χ0n) is 9.45. The zero-order valence-corrected chi connectivity index (χ0v) is 10.2. The van der Waals surface area contributed by atoms with Gasteiger partial charge in [0.1, 0.15) is 0 Å². The Labute approximate surface area is 104 Å². The smallest absolute Gasteiger partial charge is 0.165 e. The average Bonchev–Trinajstić information content (AvgIpc) is 2.75. The summed E-state index contributed by atoms with van der Waals surface area (Å²) < 4.78 is 15.4. The lowest BCUT2D eigenvalue weighted by Crippen LogP contribution is -1.95. The fraction of sp³-hybridized carbons (Fsp3) is 0.250. The molecule has 0 radical (unpaired) electrons. The van der Waals surface area contributed by atoms with E-state index < -0.39 is 5.82 Å². The van der Waals surface area contributed by atoms with Crippen LogP contribution < -0.4 is 5.73 Å². The zero-order chi connectivity index (χ0) is 12.4. The van der Waals surface area contributed by atoms with Gasteiger partial charge in [-0.3, -0.25) is 4.68 Å². The lowest BCUT2D eigenvalue weighted by molar-refractivity contribution is 0.603. The van der Waals surface area contributed by atoms with Gasteiger partial charge in [-0.2, -0.15) is 5.10 Å². The Morgan fingerprint density at radius 1 is 1.47 bits per heavy atom. The molecule has 0 aliphatic heterocycles. The number of hydrogen-bond donors (Lipinski definition) is 1. The van der Waals surface area contributed by atoms with E-state index in [-0.39, 0.29) is 10.7 Å². The van der Waals surface area contributed by atoms with Gasteiger partial charge >= 0.3 is 0 Å². The van der Waals surface area contributed by atoms with Crippen molar-refractivity contribution in [1.82, 2.24) is 9.78 Å². The van der Waals surface area contributed by atoms with Crippen LogP contribution in [-0.2, 0) is 6.54 Å². The van der Waals surface area contributed by atoms with E-state index in [4.69, 9.17) is 17.3 Å². The summed E-state index contributed by atoms with van der Waals surface area (Å²) in [7, 11) is 0. The summed E-state index contributed by atoms with van der Waals surface area (Å²) in [5.74, 6) is -0.576. The monoisotopic (exact) mass is 253 g/mol. The number of aryl methyl sites for hydroxylation is 1. The summed E-state index contributed by atoms with van der Waals surface area (Å²) in [5, 5.41) is 4.22. The molecule has 1 aromatic carbocycles. The van der Waals surface area contributed by atoms with Crippen LogP contribution in [0.4, 0.5) is 10.1 Å². The number of benzene rings is 1. The number of rotatable bonds is 3. The first kappa shape index (κ1) is 11.9. The van der Waals surface area contributed by atoms with Crippen molar-refractivity contribution in [1.29, 1.82) is 0 Å².